The summed E-state index contributed by atoms with van der Waals surface area (Å²) in [6, 6.07) is 15.8. The highest BCUT2D eigenvalue weighted by atomic mass is 79.9. The zero-order valence-corrected chi connectivity index (χ0v) is 16.7. The van der Waals surface area contributed by atoms with Crippen LogP contribution in [0.5, 0.6) is 5.75 Å². The van der Waals surface area contributed by atoms with Crippen LogP contribution in [-0.2, 0) is 10.2 Å². The number of ether oxygens (including phenoxy) is 1. The molecule has 25 heavy (non-hydrogen) atoms. The summed E-state index contributed by atoms with van der Waals surface area (Å²) in [7, 11) is 0. The quantitative estimate of drug-likeness (QED) is 0.554. The second-order valence-electron chi connectivity index (χ2n) is 6.77. The number of hydrogen-bond donors (Lipinski definition) is 1. The number of carbonyl (C=O) groups excluding carboxylic acids is 1. The topological polar surface area (TPSA) is 38.3 Å². The number of rotatable bonds is 8. The Hall–Kier alpha value is -1.81. The molecule has 0 aliphatic rings. The summed E-state index contributed by atoms with van der Waals surface area (Å²) in [5, 5.41) is 2.89. The first-order valence-electron chi connectivity index (χ1n) is 8.69. The van der Waals surface area contributed by atoms with E-state index in [4.69, 9.17) is 4.74 Å². The van der Waals surface area contributed by atoms with E-state index in [1.807, 2.05) is 36.4 Å². The van der Waals surface area contributed by atoms with E-state index >= 15 is 0 Å². The van der Waals surface area contributed by atoms with Crippen LogP contribution in [-0.4, -0.2) is 12.5 Å². The van der Waals surface area contributed by atoms with Gasteiger partial charge in [0.05, 0.1) is 6.61 Å². The molecule has 2 aromatic carbocycles. The molecule has 0 aliphatic heterocycles. The summed E-state index contributed by atoms with van der Waals surface area (Å²) < 4.78 is 6.69. The maximum Gasteiger partial charge on any atom is 0.224 e. The number of anilines is 1. The summed E-state index contributed by atoms with van der Waals surface area (Å²) in [6.45, 7) is 7.21. The zero-order chi connectivity index (χ0) is 18.3. The van der Waals surface area contributed by atoms with Crippen molar-refractivity contribution in [1.29, 1.82) is 0 Å². The number of halogens is 1. The molecule has 3 nitrogen and oxygen atoms in total. The average Bonchev–Trinajstić information content (AvgIpc) is 2.59. The molecule has 0 aliphatic carbocycles. The smallest absolute Gasteiger partial charge is 0.224 e. The Morgan fingerprint density at radius 2 is 1.88 bits per heavy atom. The molecular weight excluding hydrogens is 378 g/mol. The summed E-state index contributed by atoms with van der Waals surface area (Å²) in [5.74, 6) is 0.852. The third-order valence-electron chi connectivity index (χ3n) is 4.44. The summed E-state index contributed by atoms with van der Waals surface area (Å²) >= 11 is 3.39. The van der Waals surface area contributed by atoms with E-state index in [0.717, 1.165) is 22.3 Å². The first kappa shape index (κ1) is 19.5. The minimum Gasteiger partial charge on any atom is -0.494 e. The SMILES string of the molecule is CCC(C)(C)c1ccc(OCCCC(=O)Nc2cccc(Br)c2)cc1. The van der Waals surface area contributed by atoms with Crippen LogP contribution in [0.1, 0.15) is 45.6 Å². The van der Waals surface area contributed by atoms with Gasteiger partial charge in [0.2, 0.25) is 5.91 Å². The predicted octanol–water partition coefficient (Wildman–Crippen LogP) is 5.93. The van der Waals surface area contributed by atoms with E-state index < -0.39 is 0 Å². The fraction of sp³-hybridized carbons (Fsp3) is 0.381. The van der Waals surface area contributed by atoms with Crippen LogP contribution in [0.25, 0.3) is 0 Å². The van der Waals surface area contributed by atoms with Gasteiger partial charge in [-0.1, -0.05) is 54.9 Å². The van der Waals surface area contributed by atoms with E-state index in [0.29, 0.717) is 19.4 Å². The van der Waals surface area contributed by atoms with Crippen LogP contribution in [0.15, 0.2) is 53.0 Å². The number of amides is 1. The van der Waals surface area contributed by atoms with Crippen LogP contribution < -0.4 is 10.1 Å². The molecule has 0 spiro atoms. The molecule has 0 unspecified atom stereocenters. The maximum atomic E-state index is 11.9. The van der Waals surface area contributed by atoms with Gasteiger partial charge in [0.15, 0.2) is 0 Å². The number of benzene rings is 2. The van der Waals surface area contributed by atoms with Gasteiger partial charge in [0.1, 0.15) is 5.75 Å². The third kappa shape index (κ3) is 6.20. The molecular formula is C21H26BrNO2. The van der Waals surface area contributed by atoms with Crippen LogP contribution in [0.4, 0.5) is 5.69 Å². The molecule has 0 aromatic heterocycles. The fourth-order valence-electron chi connectivity index (χ4n) is 2.42. The molecule has 0 fully saturated rings. The third-order valence-corrected chi connectivity index (χ3v) is 4.94. The highest BCUT2D eigenvalue weighted by Gasteiger charge is 2.17. The van der Waals surface area contributed by atoms with E-state index in [2.05, 4.69) is 54.2 Å². The second-order valence-corrected chi connectivity index (χ2v) is 7.69. The molecule has 4 heteroatoms. The van der Waals surface area contributed by atoms with Gasteiger partial charge in [0, 0.05) is 16.6 Å². The highest BCUT2D eigenvalue weighted by molar-refractivity contribution is 9.10. The number of hydrogen-bond acceptors (Lipinski definition) is 2. The van der Waals surface area contributed by atoms with Crippen molar-refractivity contribution in [2.24, 2.45) is 0 Å². The van der Waals surface area contributed by atoms with E-state index in [1.165, 1.54) is 5.56 Å². The first-order chi connectivity index (χ1) is 11.9. The average molecular weight is 404 g/mol. The molecule has 0 heterocycles. The van der Waals surface area contributed by atoms with E-state index in [9.17, 15) is 4.79 Å². The monoisotopic (exact) mass is 403 g/mol. The summed E-state index contributed by atoms with van der Waals surface area (Å²) in [4.78, 5) is 11.9. The lowest BCUT2D eigenvalue weighted by Crippen LogP contribution is -2.15. The minimum atomic E-state index is 0.00161. The van der Waals surface area contributed by atoms with Crippen molar-refractivity contribution in [2.75, 3.05) is 11.9 Å². The van der Waals surface area contributed by atoms with Gasteiger partial charge in [0.25, 0.3) is 0 Å². The lowest BCUT2D eigenvalue weighted by Gasteiger charge is -2.23. The molecule has 0 radical (unpaired) electrons. The van der Waals surface area contributed by atoms with Crippen molar-refractivity contribution >= 4 is 27.5 Å². The van der Waals surface area contributed by atoms with Gasteiger partial charge < -0.3 is 10.1 Å². The molecule has 0 saturated carbocycles. The van der Waals surface area contributed by atoms with Gasteiger partial charge in [-0.15, -0.1) is 0 Å². The second kappa shape index (κ2) is 9.04. The lowest BCUT2D eigenvalue weighted by atomic mass is 9.82. The van der Waals surface area contributed by atoms with Crippen molar-refractivity contribution in [2.45, 2.75) is 45.4 Å². The van der Waals surface area contributed by atoms with Crippen LogP contribution in [0.3, 0.4) is 0 Å². The first-order valence-corrected chi connectivity index (χ1v) is 9.49. The Bertz CT molecular complexity index is 695. The Morgan fingerprint density at radius 3 is 2.52 bits per heavy atom. The van der Waals surface area contributed by atoms with Gasteiger partial charge in [-0.3, -0.25) is 4.79 Å². The molecule has 0 bridgehead atoms. The summed E-state index contributed by atoms with van der Waals surface area (Å²) in [5.41, 5.74) is 2.30. The van der Waals surface area contributed by atoms with Gasteiger partial charge >= 0.3 is 0 Å². The van der Waals surface area contributed by atoms with Crippen LogP contribution in [0, 0.1) is 0 Å². The van der Waals surface area contributed by atoms with Gasteiger partial charge in [-0.05, 0) is 54.2 Å². The molecule has 0 saturated heterocycles. The van der Waals surface area contributed by atoms with Crippen molar-refractivity contribution in [3.8, 4) is 5.75 Å². The Labute approximate surface area is 158 Å². The van der Waals surface area contributed by atoms with Gasteiger partial charge in [-0.25, -0.2) is 0 Å². The molecule has 2 aromatic rings. The lowest BCUT2D eigenvalue weighted by molar-refractivity contribution is -0.116. The Balaban J connectivity index is 1.73. The minimum absolute atomic E-state index is 0.00161. The molecule has 1 N–H and O–H groups in total. The number of carbonyl (C=O) groups is 1. The predicted molar refractivity (Wildman–Crippen MR) is 107 cm³/mol. The standard InChI is InChI=1S/C21H26BrNO2/c1-4-21(2,3)16-10-12-19(13-11-16)25-14-6-9-20(24)23-18-8-5-7-17(22)15-18/h5,7-8,10-13,15H,4,6,9,14H2,1-3H3,(H,23,24). The van der Waals surface area contributed by atoms with Gasteiger partial charge in [-0.2, -0.15) is 0 Å². The zero-order valence-electron chi connectivity index (χ0n) is 15.1. The largest absolute Gasteiger partial charge is 0.494 e. The van der Waals surface area contributed by atoms with Crippen LogP contribution in [0.2, 0.25) is 0 Å². The van der Waals surface area contributed by atoms with Crippen molar-refractivity contribution in [3.05, 3.63) is 58.6 Å². The molecule has 0 atom stereocenters. The maximum absolute atomic E-state index is 11.9. The molecule has 134 valence electrons. The molecule has 1 amide bonds. The highest BCUT2D eigenvalue weighted by Crippen LogP contribution is 2.28. The Kier molecular flexibility index (Phi) is 7.06. The summed E-state index contributed by atoms with van der Waals surface area (Å²) in [6.07, 6.45) is 2.22. The van der Waals surface area contributed by atoms with Crippen LogP contribution >= 0.6 is 15.9 Å². The Morgan fingerprint density at radius 1 is 1.16 bits per heavy atom. The van der Waals surface area contributed by atoms with Crippen molar-refractivity contribution < 1.29 is 9.53 Å². The van der Waals surface area contributed by atoms with E-state index in [-0.39, 0.29) is 11.3 Å². The number of nitrogens with one attached hydrogen (secondary N) is 1. The van der Waals surface area contributed by atoms with Crippen molar-refractivity contribution in [3.63, 3.8) is 0 Å². The normalized spacial score (nSPS) is 11.2. The molecule has 2 rings (SSSR count). The van der Waals surface area contributed by atoms with E-state index in [1.54, 1.807) is 0 Å². The fourth-order valence-corrected chi connectivity index (χ4v) is 2.82. The van der Waals surface area contributed by atoms with Crippen molar-refractivity contribution in [1.82, 2.24) is 0 Å².